The Morgan fingerprint density at radius 1 is 1.55 bits per heavy atom. The van der Waals surface area contributed by atoms with Crippen LogP contribution in [0.15, 0.2) is 18.2 Å². The van der Waals surface area contributed by atoms with Gasteiger partial charge in [0.15, 0.2) is 0 Å². The molecular weight excluding hydrogens is 266 g/mol. The standard InChI is InChI=1S/C12H13N3O5/c1-20-12(17)9-5-8(15(18)19)2-3-10(9)14-6-7(13)4-11(14)16/h2-3,5,7H,4,6,13H2,1H3. The summed E-state index contributed by atoms with van der Waals surface area (Å²) in [5, 5.41) is 10.8. The Bertz CT molecular complexity index is 586. The number of amides is 1. The van der Waals surface area contributed by atoms with Crippen molar-refractivity contribution in [2.45, 2.75) is 12.5 Å². The van der Waals surface area contributed by atoms with Crippen molar-refractivity contribution in [3.05, 3.63) is 33.9 Å². The number of ether oxygens (including phenoxy) is 1. The summed E-state index contributed by atoms with van der Waals surface area (Å²) in [5.74, 6) is -0.964. The first-order valence-electron chi connectivity index (χ1n) is 5.86. The number of nitro groups is 1. The van der Waals surface area contributed by atoms with E-state index in [0.717, 1.165) is 6.07 Å². The van der Waals surface area contributed by atoms with Crippen LogP contribution in [-0.2, 0) is 9.53 Å². The lowest BCUT2D eigenvalue weighted by molar-refractivity contribution is -0.384. The lowest BCUT2D eigenvalue weighted by atomic mass is 10.1. The minimum Gasteiger partial charge on any atom is -0.465 e. The largest absolute Gasteiger partial charge is 0.465 e. The van der Waals surface area contributed by atoms with Crippen molar-refractivity contribution in [3.63, 3.8) is 0 Å². The summed E-state index contributed by atoms with van der Waals surface area (Å²) < 4.78 is 4.60. The van der Waals surface area contributed by atoms with Crippen LogP contribution in [0, 0.1) is 10.1 Å². The van der Waals surface area contributed by atoms with Crippen LogP contribution < -0.4 is 10.6 Å². The Hall–Kier alpha value is -2.48. The van der Waals surface area contributed by atoms with Gasteiger partial charge in [-0.2, -0.15) is 0 Å². The number of nitrogens with two attached hydrogens (primary N) is 1. The van der Waals surface area contributed by atoms with Gasteiger partial charge in [0.2, 0.25) is 5.91 Å². The number of anilines is 1. The van der Waals surface area contributed by atoms with E-state index >= 15 is 0 Å². The average Bonchev–Trinajstić information content (AvgIpc) is 2.75. The van der Waals surface area contributed by atoms with Gasteiger partial charge in [-0.3, -0.25) is 14.9 Å². The summed E-state index contributed by atoms with van der Waals surface area (Å²) >= 11 is 0. The average molecular weight is 279 g/mol. The summed E-state index contributed by atoms with van der Waals surface area (Å²) in [5.41, 5.74) is 5.71. The minimum absolute atomic E-state index is 0.0239. The number of methoxy groups -OCH3 is 1. The highest BCUT2D eigenvalue weighted by molar-refractivity contribution is 6.04. The van der Waals surface area contributed by atoms with Gasteiger partial charge in [0.25, 0.3) is 5.69 Å². The fourth-order valence-corrected chi connectivity index (χ4v) is 2.11. The maximum Gasteiger partial charge on any atom is 0.340 e. The molecule has 1 atom stereocenters. The third-order valence-corrected chi connectivity index (χ3v) is 3.04. The van der Waals surface area contributed by atoms with Gasteiger partial charge in [-0.1, -0.05) is 0 Å². The van der Waals surface area contributed by atoms with Gasteiger partial charge in [0, 0.05) is 31.1 Å². The van der Waals surface area contributed by atoms with Crippen molar-refractivity contribution in [1.82, 2.24) is 0 Å². The molecule has 1 unspecified atom stereocenters. The van der Waals surface area contributed by atoms with E-state index in [1.54, 1.807) is 0 Å². The van der Waals surface area contributed by atoms with E-state index in [0.29, 0.717) is 0 Å². The third-order valence-electron chi connectivity index (χ3n) is 3.04. The van der Waals surface area contributed by atoms with Crippen molar-refractivity contribution >= 4 is 23.3 Å². The van der Waals surface area contributed by atoms with Crippen molar-refractivity contribution < 1.29 is 19.2 Å². The van der Waals surface area contributed by atoms with Gasteiger partial charge >= 0.3 is 5.97 Å². The van der Waals surface area contributed by atoms with E-state index in [2.05, 4.69) is 4.74 Å². The fraction of sp³-hybridized carbons (Fsp3) is 0.333. The minimum atomic E-state index is -0.739. The Balaban J connectivity index is 2.49. The molecule has 1 aliphatic heterocycles. The first-order valence-corrected chi connectivity index (χ1v) is 5.86. The van der Waals surface area contributed by atoms with E-state index in [1.165, 1.54) is 24.1 Å². The summed E-state index contributed by atoms with van der Waals surface area (Å²) in [6, 6.07) is 3.38. The maximum atomic E-state index is 11.8. The van der Waals surface area contributed by atoms with Crippen molar-refractivity contribution in [1.29, 1.82) is 0 Å². The number of nitro benzene ring substituents is 1. The first-order chi connectivity index (χ1) is 9.43. The van der Waals surface area contributed by atoms with Gasteiger partial charge in [0.1, 0.15) is 0 Å². The molecule has 1 amide bonds. The van der Waals surface area contributed by atoms with Crippen LogP contribution in [0.5, 0.6) is 0 Å². The van der Waals surface area contributed by atoms with Gasteiger partial charge in [-0.15, -0.1) is 0 Å². The maximum absolute atomic E-state index is 11.8. The second kappa shape index (κ2) is 5.25. The molecule has 0 aromatic heterocycles. The number of carbonyl (C=O) groups is 2. The number of non-ortho nitro benzene ring substituents is 1. The second-order valence-corrected chi connectivity index (χ2v) is 4.42. The molecule has 1 fully saturated rings. The molecule has 1 heterocycles. The lowest BCUT2D eigenvalue weighted by Gasteiger charge is -2.18. The summed E-state index contributed by atoms with van der Waals surface area (Å²) in [7, 11) is 1.17. The predicted octanol–water partition coefficient (Wildman–Crippen LogP) is 0.445. The van der Waals surface area contributed by atoms with Crippen LogP contribution in [0.4, 0.5) is 11.4 Å². The predicted molar refractivity (Wildman–Crippen MR) is 69.4 cm³/mol. The number of benzene rings is 1. The van der Waals surface area contributed by atoms with Crippen LogP contribution >= 0.6 is 0 Å². The van der Waals surface area contributed by atoms with E-state index in [-0.39, 0.29) is 41.9 Å². The molecule has 0 bridgehead atoms. The van der Waals surface area contributed by atoms with Crippen molar-refractivity contribution in [3.8, 4) is 0 Å². The van der Waals surface area contributed by atoms with E-state index in [1.807, 2.05) is 0 Å². The van der Waals surface area contributed by atoms with Crippen LogP contribution in [0.1, 0.15) is 16.8 Å². The Morgan fingerprint density at radius 3 is 2.75 bits per heavy atom. The third kappa shape index (κ3) is 2.45. The Morgan fingerprint density at radius 2 is 2.25 bits per heavy atom. The van der Waals surface area contributed by atoms with Crippen LogP contribution in [0.25, 0.3) is 0 Å². The zero-order chi connectivity index (χ0) is 14.9. The number of esters is 1. The lowest BCUT2D eigenvalue weighted by Crippen LogP contribution is -2.29. The quantitative estimate of drug-likeness (QED) is 0.487. The molecule has 8 heteroatoms. The van der Waals surface area contributed by atoms with E-state index in [4.69, 9.17) is 5.73 Å². The van der Waals surface area contributed by atoms with Gasteiger partial charge in [-0.25, -0.2) is 4.79 Å². The summed E-state index contributed by atoms with van der Waals surface area (Å²) in [4.78, 5) is 35.1. The second-order valence-electron chi connectivity index (χ2n) is 4.42. The molecule has 0 saturated carbocycles. The zero-order valence-electron chi connectivity index (χ0n) is 10.7. The molecule has 8 nitrogen and oxygen atoms in total. The summed E-state index contributed by atoms with van der Waals surface area (Å²) in [6.07, 6.45) is 0.178. The highest BCUT2D eigenvalue weighted by Gasteiger charge is 2.31. The number of hydrogen-bond acceptors (Lipinski definition) is 6. The molecule has 2 N–H and O–H groups in total. The topological polar surface area (TPSA) is 116 Å². The Labute approximate surface area is 114 Å². The first kappa shape index (κ1) is 13.9. The Kier molecular flexibility index (Phi) is 3.66. The molecule has 1 aromatic rings. The SMILES string of the molecule is COC(=O)c1cc([N+](=O)[O-])ccc1N1CC(N)CC1=O. The van der Waals surface area contributed by atoms with Crippen LogP contribution in [0.2, 0.25) is 0 Å². The zero-order valence-corrected chi connectivity index (χ0v) is 10.7. The molecule has 2 rings (SSSR count). The molecule has 0 radical (unpaired) electrons. The van der Waals surface area contributed by atoms with Crippen molar-refractivity contribution in [2.24, 2.45) is 5.73 Å². The summed E-state index contributed by atoms with van der Waals surface area (Å²) in [6.45, 7) is 0.265. The molecule has 106 valence electrons. The number of nitrogens with zero attached hydrogens (tertiary/aromatic N) is 2. The molecule has 0 aliphatic carbocycles. The van der Waals surface area contributed by atoms with Crippen LogP contribution in [-0.4, -0.2) is 36.5 Å². The van der Waals surface area contributed by atoms with Gasteiger partial charge in [-0.05, 0) is 6.07 Å². The fourth-order valence-electron chi connectivity index (χ4n) is 2.11. The molecule has 1 saturated heterocycles. The number of carbonyl (C=O) groups excluding carboxylic acids is 2. The normalized spacial score (nSPS) is 18.2. The molecule has 20 heavy (non-hydrogen) atoms. The van der Waals surface area contributed by atoms with Gasteiger partial charge in [0.05, 0.1) is 23.3 Å². The van der Waals surface area contributed by atoms with E-state index < -0.39 is 10.9 Å². The number of rotatable bonds is 3. The smallest absolute Gasteiger partial charge is 0.340 e. The van der Waals surface area contributed by atoms with Gasteiger partial charge < -0.3 is 15.4 Å². The van der Waals surface area contributed by atoms with E-state index in [9.17, 15) is 19.7 Å². The highest BCUT2D eigenvalue weighted by atomic mass is 16.6. The highest BCUT2D eigenvalue weighted by Crippen LogP contribution is 2.29. The molecule has 0 spiro atoms. The van der Waals surface area contributed by atoms with Crippen molar-refractivity contribution in [2.75, 3.05) is 18.6 Å². The van der Waals surface area contributed by atoms with Crippen LogP contribution in [0.3, 0.4) is 0 Å². The number of hydrogen-bond donors (Lipinski definition) is 1. The molecular formula is C12H13N3O5. The molecule has 1 aromatic carbocycles. The molecule has 1 aliphatic rings. The monoisotopic (exact) mass is 279 g/mol.